The Kier molecular flexibility index (Phi) is 3.07. The molecule has 1 aromatic carbocycles. The standard InChI is InChI=1S/C15H14N2O2/c18-13-8-4-2-6-11(13)15(19)14-10-5-1-3-7-12(10)16-9-17-14/h1,3,5,7,9,11H,2,4,6,8H2. The molecule has 0 saturated heterocycles. The molecule has 1 heterocycles. The minimum atomic E-state index is -0.507. The van der Waals surface area contributed by atoms with Crippen LogP contribution in [-0.4, -0.2) is 21.5 Å². The monoisotopic (exact) mass is 254 g/mol. The van der Waals surface area contributed by atoms with Crippen LogP contribution in [0.4, 0.5) is 0 Å². The molecule has 1 atom stereocenters. The lowest BCUT2D eigenvalue weighted by Gasteiger charge is -2.19. The summed E-state index contributed by atoms with van der Waals surface area (Å²) in [6.45, 7) is 0. The van der Waals surface area contributed by atoms with Crippen molar-refractivity contribution in [1.82, 2.24) is 9.97 Å². The molecule has 0 aliphatic heterocycles. The van der Waals surface area contributed by atoms with Crippen molar-refractivity contribution in [1.29, 1.82) is 0 Å². The third-order valence-corrected chi connectivity index (χ3v) is 3.65. The summed E-state index contributed by atoms with van der Waals surface area (Å²) in [6, 6.07) is 7.40. The first-order valence-electron chi connectivity index (χ1n) is 6.54. The molecule has 4 nitrogen and oxygen atoms in total. The number of nitrogens with zero attached hydrogens (tertiary/aromatic N) is 2. The first-order valence-corrected chi connectivity index (χ1v) is 6.54. The predicted octanol–water partition coefficient (Wildman–Crippen LogP) is 2.57. The molecule has 0 amide bonds. The number of hydrogen-bond acceptors (Lipinski definition) is 4. The minimum absolute atomic E-state index is 0.0546. The van der Waals surface area contributed by atoms with Gasteiger partial charge in [-0.05, 0) is 18.9 Å². The van der Waals surface area contributed by atoms with Crippen LogP contribution in [0.2, 0.25) is 0 Å². The summed E-state index contributed by atoms with van der Waals surface area (Å²) in [7, 11) is 0. The van der Waals surface area contributed by atoms with Crippen molar-refractivity contribution in [3.63, 3.8) is 0 Å². The second-order valence-corrected chi connectivity index (χ2v) is 4.87. The predicted molar refractivity (Wildman–Crippen MR) is 70.8 cm³/mol. The van der Waals surface area contributed by atoms with E-state index in [0.29, 0.717) is 18.5 Å². The molecule has 96 valence electrons. The Balaban J connectivity index is 2.04. The van der Waals surface area contributed by atoms with Crippen LogP contribution in [0.15, 0.2) is 30.6 Å². The van der Waals surface area contributed by atoms with E-state index in [1.54, 1.807) is 0 Å². The second-order valence-electron chi connectivity index (χ2n) is 4.87. The Morgan fingerprint density at radius 1 is 1.16 bits per heavy atom. The highest BCUT2D eigenvalue weighted by molar-refractivity contribution is 6.14. The SMILES string of the molecule is O=C1CCCCC1C(=O)c1ncnc2ccccc12. The number of rotatable bonds is 2. The number of carbonyl (C=O) groups excluding carboxylic acids is 2. The molecule has 1 aromatic heterocycles. The maximum absolute atomic E-state index is 12.5. The van der Waals surface area contributed by atoms with Gasteiger partial charge in [0.2, 0.25) is 0 Å². The van der Waals surface area contributed by atoms with Gasteiger partial charge >= 0.3 is 0 Å². The molecule has 0 N–H and O–H groups in total. The number of ketones is 2. The molecule has 1 aliphatic carbocycles. The van der Waals surface area contributed by atoms with Crippen LogP contribution in [0.3, 0.4) is 0 Å². The van der Waals surface area contributed by atoms with Crippen LogP contribution in [0.1, 0.15) is 36.2 Å². The van der Waals surface area contributed by atoms with Gasteiger partial charge in [-0.25, -0.2) is 9.97 Å². The lowest BCUT2D eigenvalue weighted by Crippen LogP contribution is -2.28. The molecule has 0 spiro atoms. The fourth-order valence-corrected chi connectivity index (χ4v) is 2.63. The Morgan fingerprint density at radius 2 is 2.00 bits per heavy atom. The van der Waals surface area contributed by atoms with Gasteiger partial charge < -0.3 is 0 Å². The summed E-state index contributed by atoms with van der Waals surface area (Å²) < 4.78 is 0. The third-order valence-electron chi connectivity index (χ3n) is 3.65. The van der Waals surface area contributed by atoms with Crippen molar-refractivity contribution in [2.24, 2.45) is 5.92 Å². The molecular formula is C15H14N2O2. The maximum Gasteiger partial charge on any atom is 0.192 e. The van der Waals surface area contributed by atoms with Crippen molar-refractivity contribution in [3.8, 4) is 0 Å². The van der Waals surface area contributed by atoms with Gasteiger partial charge in [-0.1, -0.05) is 24.6 Å². The van der Waals surface area contributed by atoms with Crippen LogP contribution in [0, 0.1) is 5.92 Å². The molecule has 19 heavy (non-hydrogen) atoms. The molecule has 4 heteroatoms. The lowest BCUT2D eigenvalue weighted by molar-refractivity contribution is -0.122. The zero-order valence-corrected chi connectivity index (χ0v) is 10.5. The topological polar surface area (TPSA) is 59.9 Å². The van der Waals surface area contributed by atoms with Gasteiger partial charge in [-0.3, -0.25) is 9.59 Å². The van der Waals surface area contributed by atoms with E-state index in [2.05, 4.69) is 9.97 Å². The van der Waals surface area contributed by atoms with Gasteiger partial charge in [0.05, 0.1) is 11.4 Å². The van der Waals surface area contributed by atoms with Crippen molar-refractivity contribution >= 4 is 22.5 Å². The van der Waals surface area contributed by atoms with Crippen LogP contribution in [-0.2, 0) is 4.79 Å². The average Bonchev–Trinajstić information content (AvgIpc) is 2.46. The number of carbonyl (C=O) groups is 2. The zero-order chi connectivity index (χ0) is 13.2. The Hall–Kier alpha value is -2.10. The van der Waals surface area contributed by atoms with Gasteiger partial charge in [-0.2, -0.15) is 0 Å². The highest BCUT2D eigenvalue weighted by Crippen LogP contribution is 2.26. The molecule has 2 aromatic rings. The summed E-state index contributed by atoms with van der Waals surface area (Å²) in [4.78, 5) is 32.6. The number of hydrogen-bond donors (Lipinski definition) is 0. The van der Waals surface area contributed by atoms with E-state index in [0.717, 1.165) is 23.7 Å². The van der Waals surface area contributed by atoms with Crippen LogP contribution in [0.25, 0.3) is 10.9 Å². The van der Waals surface area contributed by atoms with Gasteiger partial charge in [0.25, 0.3) is 0 Å². The maximum atomic E-state index is 12.5. The summed E-state index contributed by atoms with van der Waals surface area (Å²) in [5.41, 5.74) is 1.12. The Bertz CT molecular complexity index is 646. The quantitative estimate of drug-likeness (QED) is 0.610. The van der Waals surface area contributed by atoms with Gasteiger partial charge in [-0.15, -0.1) is 0 Å². The molecule has 1 saturated carbocycles. The molecule has 1 unspecified atom stereocenters. The van der Waals surface area contributed by atoms with Crippen LogP contribution in [0.5, 0.6) is 0 Å². The molecule has 1 fully saturated rings. The van der Waals surface area contributed by atoms with Crippen molar-refractivity contribution in [3.05, 3.63) is 36.3 Å². The fraction of sp³-hybridized carbons (Fsp3) is 0.333. The van der Waals surface area contributed by atoms with E-state index in [-0.39, 0.29) is 11.6 Å². The molecule has 1 aliphatic rings. The van der Waals surface area contributed by atoms with E-state index in [1.165, 1.54) is 6.33 Å². The average molecular weight is 254 g/mol. The smallest absolute Gasteiger partial charge is 0.192 e. The molecular weight excluding hydrogens is 240 g/mol. The van der Waals surface area contributed by atoms with Crippen LogP contribution < -0.4 is 0 Å². The summed E-state index contributed by atoms with van der Waals surface area (Å²) >= 11 is 0. The third kappa shape index (κ3) is 2.14. The highest BCUT2D eigenvalue weighted by atomic mass is 16.2. The summed E-state index contributed by atoms with van der Waals surface area (Å²) in [6.07, 6.45) is 4.39. The largest absolute Gasteiger partial charge is 0.299 e. The van der Waals surface area contributed by atoms with Gasteiger partial charge in [0.1, 0.15) is 17.8 Å². The summed E-state index contributed by atoms with van der Waals surface area (Å²) in [5, 5.41) is 0.730. The van der Waals surface area contributed by atoms with E-state index < -0.39 is 5.92 Å². The first-order chi connectivity index (χ1) is 9.27. The van der Waals surface area contributed by atoms with E-state index >= 15 is 0 Å². The Morgan fingerprint density at radius 3 is 2.84 bits per heavy atom. The summed E-state index contributed by atoms with van der Waals surface area (Å²) in [5.74, 6) is -0.603. The normalized spacial score (nSPS) is 19.6. The van der Waals surface area contributed by atoms with Crippen molar-refractivity contribution in [2.45, 2.75) is 25.7 Å². The van der Waals surface area contributed by atoms with Gasteiger partial charge in [0, 0.05) is 11.8 Å². The number of para-hydroxylation sites is 1. The number of Topliss-reactive ketones (excluding diaryl/α,β-unsaturated/α-hetero) is 2. The van der Waals surface area contributed by atoms with E-state index in [9.17, 15) is 9.59 Å². The van der Waals surface area contributed by atoms with Crippen molar-refractivity contribution in [2.75, 3.05) is 0 Å². The zero-order valence-electron chi connectivity index (χ0n) is 10.5. The molecule has 3 rings (SSSR count). The number of benzene rings is 1. The molecule has 0 bridgehead atoms. The lowest BCUT2D eigenvalue weighted by atomic mass is 9.83. The number of aromatic nitrogens is 2. The first kappa shape index (κ1) is 12.0. The molecule has 0 radical (unpaired) electrons. The second kappa shape index (κ2) is 4.88. The number of fused-ring (bicyclic) bond motifs is 1. The van der Waals surface area contributed by atoms with Crippen LogP contribution >= 0.6 is 0 Å². The van der Waals surface area contributed by atoms with E-state index in [1.807, 2.05) is 24.3 Å². The van der Waals surface area contributed by atoms with E-state index in [4.69, 9.17) is 0 Å². The van der Waals surface area contributed by atoms with Gasteiger partial charge in [0.15, 0.2) is 5.78 Å². The van der Waals surface area contributed by atoms with Crippen molar-refractivity contribution < 1.29 is 9.59 Å². The highest BCUT2D eigenvalue weighted by Gasteiger charge is 2.31. The Labute approximate surface area is 110 Å². The fourth-order valence-electron chi connectivity index (χ4n) is 2.63. The minimum Gasteiger partial charge on any atom is -0.299 e.